The van der Waals surface area contributed by atoms with E-state index in [1.54, 1.807) is 22.5 Å². The number of hydrogen-bond donors (Lipinski definition) is 1. The van der Waals surface area contributed by atoms with Crippen molar-refractivity contribution in [2.45, 2.75) is 12.8 Å². The first-order chi connectivity index (χ1) is 14.9. The zero-order valence-electron chi connectivity index (χ0n) is 17.1. The number of nitrogens with zero attached hydrogens (tertiary/aromatic N) is 2. The van der Waals surface area contributed by atoms with Gasteiger partial charge in [-0.25, -0.2) is 13.2 Å². The van der Waals surface area contributed by atoms with Crippen molar-refractivity contribution in [1.82, 2.24) is 14.2 Å². The number of aromatic nitrogens is 1. The van der Waals surface area contributed by atoms with Gasteiger partial charge < -0.3 is 9.32 Å². The largest absolute Gasteiger partial charge is 0.417 e. The van der Waals surface area contributed by atoms with E-state index in [2.05, 4.69) is 9.88 Å². The molecule has 1 aliphatic heterocycles. The molecule has 0 saturated carbocycles. The first-order valence-electron chi connectivity index (χ1n) is 10.3. The predicted octanol–water partition coefficient (Wildman–Crippen LogP) is 2.13. The summed E-state index contributed by atoms with van der Waals surface area (Å²) in [6, 6.07) is 14.5. The number of rotatable bonds is 8. The van der Waals surface area contributed by atoms with Crippen molar-refractivity contribution in [3.05, 3.63) is 70.2 Å². The van der Waals surface area contributed by atoms with Crippen LogP contribution in [0.2, 0.25) is 0 Å². The fourth-order valence-electron chi connectivity index (χ4n) is 3.77. The second kappa shape index (κ2) is 9.17. The number of aromatic amines is 1. The summed E-state index contributed by atoms with van der Waals surface area (Å²) in [6.07, 6.45) is 0.824. The Labute approximate surface area is 182 Å². The number of sulfonamides is 1. The maximum Gasteiger partial charge on any atom is 0.417 e. The number of oxazole rings is 1. The van der Waals surface area contributed by atoms with Crippen molar-refractivity contribution < 1.29 is 19.1 Å². The Morgan fingerprint density at radius 2 is 1.81 bits per heavy atom. The number of piperazine rings is 1. The van der Waals surface area contributed by atoms with Crippen LogP contribution in [0, 0.1) is 0 Å². The molecular formula is C22H27N3O5S. The first kappa shape index (κ1) is 21.5. The third kappa shape index (κ3) is 5.30. The molecule has 3 aromatic rings. The molecule has 0 unspecified atom stereocenters. The summed E-state index contributed by atoms with van der Waals surface area (Å²) < 4.78 is 31.9. The summed E-state index contributed by atoms with van der Waals surface area (Å²) in [7, 11) is -3.30. The summed E-state index contributed by atoms with van der Waals surface area (Å²) >= 11 is 0. The zero-order chi connectivity index (χ0) is 21.8. The van der Waals surface area contributed by atoms with E-state index in [1.165, 1.54) is 0 Å². The van der Waals surface area contributed by atoms with E-state index in [-0.39, 0.29) is 13.0 Å². The van der Waals surface area contributed by atoms with E-state index in [9.17, 15) is 18.0 Å². The van der Waals surface area contributed by atoms with Gasteiger partial charge in [0.15, 0.2) is 11.4 Å². The summed E-state index contributed by atoms with van der Waals surface area (Å²) in [4.78, 5) is 28.4. The molecule has 166 valence electrons. The molecule has 0 aliphatic carbocycles. The molecule has 31 heavy (non-hydrogen) atoms. The Bertz CT molecular complexity index is 1220. The Morgan fingerprint density at radius 3 is 2.55 bits per heavy atom. The molecule has 0 atom stereocenters. The highest BCUT2D eigenvalue weighted by Gasteiger charge is 2.26. The number of fused-ring (bicyclic) bond motifs is 1. The van der Waals surface area contributed by atoms with Gasteiger partial charge in [-0.15, -0.1) is 0 Å². The van der Waals surface area contributed by atoms with Gasteiger partial charge in [0.1, 0.15) is 0 Å². The molecule has 2 heterocycles. The molecule has 9 heteroatoms. The maximum atomic E-state index is 12.6. The summed E-state index contributed by atoms with van der Waals surface area (Å²) in [5.41, 5.74) is 2.44. The van der Waals surface area contributed by atoms with Crippen LogP contribution in [0.1, 0.15) is 23.8 Å². The van der Waals surface area contributed by atoms with Crippen molar-refractivity contribution in [1.29, 1.82) is 0 Å². The Balaban J connectivity index is 0.00000289. The van der Waals surface area contributed by atoms with Crippen molar-refractivity contribution in [2.75, 3.05) is 38.5 Å². The van der Waals surface area contributed by atoms with Crippen LogP contribution < -0.4 is 5.76 Å². The van der Waals surface area contributed by atoms with Gasteiger partial charge in [0.25, 0.3) is 0 Å². The highest BCUT2D eigenvalue weighted by Crippen LogP contribution is 2.15. The van der Waals surface area contributed by atoms with Crippen LogP contribution in [-0.2, 0) is 16.4 Å². The number of benzene rings is 2. The molecule has 1 N–H and O–H groups in total. The van der Waals surface area contributed by atoms with Gasteiger partial charge >= 0.3 is 5.76 Å². The molecule has 0 bridgehead atoms. The standard InChI is InChI=1S/C22H25N3O5S.H2/c26-20(18-6-7-19-21(16-18)30-22(27)23-19)8-10-24-11-13-25(14-12-24)31(28,29)15-9-17-4-2-1-3-5-17;/h1-7,16H,8-15H2,(H,23,27);1H. The average molecular weight is 446 g/mol. The lowest BCUT2D eigenvalue weighted by Gasteiger charge is -2.33. The van der Waals surface area contributed by atoms with Crippen LogP contribution in [-0.4, -0.2) is 66.9 Å². The Hall–Kier alpha value is -2.75. The summed E-state index contributed by atoms with van der Waals surface area (Å²) in [6.45, 7) is 2.64. The molecule has 8 nitrogen and oxygen atoms in total. The number of carbonyl (C=O) groups is 1. The van der Waals surface area contributed by atoms with Gasteiger partial charge in [-0.1, -0.05) is 30.3 Å². The summed E-state index contributed by atoms with van der Waals surface area (Å²) in [5, 5.41) is 0. The fraction of sp³-hybridized carbons (Fsp3) is 0.364. The molecule has 4 rings (SSSR count). The second-order valence-corrected chi connectivity index (χ2v) is 9.78. The van der Waals surface area contributed by atoms with Crippen molar-refractivity contribution in [3.8, 4) is 0 Å². The van der Waals surface area contributed by atoms with Crippen LogP contribution in [0.25, 0.3) is 11.1 Å². The monoisotopic (exact) mass is 445 g/mol. The van der Waals surface area contributed by atoms with E-state index in [1.807, 2.05) is 30.3 Å². The van der Waals surface area contributed by atoms with Crippen LogP contribution in [0.3, 0.4) is 0 Å². The molecule has 0 spiro atoms. The van der Waals surface area contributed by atoms with Gasteiger partial charge in [0.05, 0.1) is 11.3 Å². The quantitative estimate of drug-likeness (QED) is 0.533. The smallest absolute Gasteiger partial charge is 0.408 e. The minimum absolute atomic E-state index is 0. The molecule has 1 aliphatic rings. The second-order valence-electron chi connectivity index (χ2n) is 7.69. The molecule has 0 radical (unpaired) electrons. The highest BCUT2D eigenvalue weighted by atomic mass is 32.2. The van der Waals surface area contributed by atoms with E-state index < -0.39 is 15.8 Å². The lowest BCUT2D eigenvalue weighted by Crippen LogP contribution is -2.49. The number of carbonyl (C=O) groups excluding carboxylic acids is 1. The van der Waals surface area contributed by atoms with Crippen LogP contribution in [0.15, 0.2) is 57.7 Å². The lowest BCUT2D eigenvalue weighted by atomic mass is 10.1. The maximum absolute atomic E-state index is 12.6. The fourth-order valence-corrected chi connectivity index (χ4v) is 5.25. The van der Waals surface area contributed by atoms with E-state index in [0.717, 1.165) is 5.56 Å². The average Bonchev–Trinajstić information content (AvgIpc) is 3.16. The molecular weight excluding hydrogens is 418 g/mol. The zero-order valence-corrected chi connectivity index (χ0v) is 17.9. The van der Waals surface area contributed by atoms with Crippen molar-refractivity contribution >= 4 is 26.9 Å². The van der Waals surface area contributed by atoms with Gasteiger partial charge in [0.2, 0.25) is 10.0 Å². The van der Waals surface area contributed by atoms with Crippen molar-refractivity contribution in [2.24, 2.45) is 0 Å². The SMILES string of the molecule is O=C(CCN1CCN(S(=O)(=O)CCc2ccccc2)CC1)c1ccc2[nH]c(=O)oc2c1.[HH]. The number of ketones is 1. The Kier molecular flexibility index (Phi) is 6.35. The number of hydrogen-bond acceptors (Lipinski definition) is 6. The topological polar surface area (TPSA) is 104 Å². The van der Waals surface area contributed by atoms with Crippen LogP contribution in [0.5, 0.6) is 0 Å². The van der Waals surface area contributed by atoms with Gasteiger partial charge in [-0.2, -0.15) is 4.31 Å². The third-order valence-corrected chi connectivity index (χ3v) is 7.49. The molecule has 2 aromatic carbocycles. The highest BCUT2D eigenvalue weighted by molar-refractivity contribution is 7.89. The minimum Gasteiger partial charge on any atom is -0.408 e. The third-order valence-electron chi connectivity index (χ3n) is 5.61. The molecule has 1 fully saturated rings. The Morgan fingerprint density at radius 1 is 1.06 bits per heavy atom. The van der Waals surface area contributed by atoms with Gasteiger partial charge in [0, 0.05) is 46.1 Å². The van der Waals surface area contributed by atoms with Crippen LogP contribution in [0.4, 0.5) is 0 Å². The normalized spacial score (nSPS) is 16.0. The molecule has 1 aromatic heterocycles. The van der Waals surface area contributed by atoms with E-state index in [4.69, 9.17) is 4.42 Å². The van der Waals surface area contributed by atoms with Gasteiger partial charge in [-0.05, 0) is 30.2 Å². The number of Topliss-reactive ketones (excluding diaryl/α,β-unsaturated/α-hetero) is 1. The number of aryl methyl sites for hydroxylation is 1. The van der Waals surface area contributed by atoms with Crippen molar-refractivity contribution in [3.63, 3.8) is 0 Å². The first-order valence-corrected chi connectivity index (χ1v) is 11.9. The van der Waals surface area contributed by atoms with E-state index >= 15 is 0 Å². The molecule has 0 amide bonds. The van der Waals surface area contributed by atoms with E-state index in [0.29, 0.717) is 62.2 Å². The lowest BCUT2D eigenvalue weighted by molar-refractivity contribution is 0.0952. The van der Waals surface area contributed by atoms with Crippen LogP contribution >= 0.6 is 0 Å². The van der Waals surface area contributed by atoms with Gasteiger partial charge in [-0.3, -0.25) is 9.78 Å². The number of H-pyrrole nitrogens is 1. The molecule has 1 saturated heterocycles. The summed E-state index contributed by atoms with van der Waals surface area (Å²) in [5.74, 6) is -0.479. The number of nitrogens with one attached hydrogen (secondary N) is 1. The predicted molar refractivity (Wildman–Crippen MR) is 120 cm³/mol. The minimum atomic E-state index is -3.30.